The minimum atomic E-state index is -0.723. The second kappa shape index (κ2) is 12.4. The van der Waals surface area contributed by atoms with Gasteiger partial charge in [0.2, 0.25) is 0 Å². The molecule has 0 radical (unpaired) electrons. The lowest BCUT2D eigenvalue weighted by Gasteiger charge is -2.25. The molecule has 0 saturated carbocycles. The Morgan fingerprint density at radius 2 is 1.86 bits per heavy atom. The van der Waals surface area contributed by atoms with Gasteiger partial charge in [-0.15, -0.1) is 0 Å². The highest BCUT2D eigenvalue weighted by atomic mass is 16.3. The molecular formula is C34H41N7O2. The van der Waals surface area contributed by atoms with Crippen molar-refractivity contribution in [3.63, 3.8) is 0 Å². The van der Waals surface area contributed by atoms with Crippen LogP contribution in [-0.4, -0.2) is 53.2 Å². The Labute approximate surface area is 253 Å². The zero-order chi connectivity index (χ0) is 30.8. The monoisotopic (exact) mass is 579 g/mol. The van der Waals surface area contributed by atoms with Crippen molar-refractivity contribution in [2.24, 2.45) is 7.05 Å². The van der Waals surface area contributed by atoms with Gasteiger partial charge in [0.25, 0.3) is 5.91 Å². The second-order valence-corrected chi connectivity index (χ2v) is 11.3. The molecule has 0 aliphatic rings. The number of rotatable bonds is 10. The summed E-state index contributed by atoms with van der Waals surface area (Å²) in [6, 6.07) is 16.2. The van der Waals surface area contributed by atoms with E-state index in [4.69, 9.17) is 10.1 Å². The highest BCUT2D eigenvalue weighted by Crippen LogP contribution is 2.33. The Bertz CT molecular complexity index is 1770. The topological polar surface area (TPSA) is 101 Å². The summed E-state index contributed by atoms with van der Waals surface area (Å²) >= 11 is 0. The van der Waals surface area contributed by atoms with E-state index in [1.807, 2.05) is 76.0 Å². The molecule has 9 heteroatoms. The van der Waals surface area contributed by atoms with E-state index in [2.05, 4.69) is 42.3 Å². The number of anilines is 1. The van der Waals surface area contributed by atoms with Crippen molar-refractivity contribution in [2.45, 2.75) is 66.2 Å². The smallest absolute Gasteiger partial charge is 0.254 e. The number of nitrogens with zero attached hydrogens (tertiary/aromatic N) is 6. The van der Waals surface area contributed by atoms with Crippen LogP contribution in [0.5, 0.6) is 0 Å². The first-order valence-corrected chi connectivity index (χ1v) is 14.9. The molecule has 0 bridgehead atoms. The largest absolute Gasteiger partial charge is 0.387 e. The normalized spacial score (nSPS) is 12.8. The number of hydrogen-bond acceptors (Lipinski definition) is 6. The van der Waals surface area contributed by atoms with E-state index in [1.165, 1.54) is 0 Å². The molecule has 9 nitrogen and oxygen atoms in total. The summed E-state index contributed by atoms with van der Waals surface area (Å²) in [7, 11) is 3.84. The maximum Gasteiger partial charge on any atom is 0.254 e. The summed E-state index contributed by atoms with van der Waals surface area (Å²) in [5.41, 5.74) is 7.39. The molecule has 3 heterocycles. The van der Waals surface area contributed by atoms with E-state index in [0.29, 0.717) is 29.9 Å². The predicted molar refractivity (Wildman–Crippen MR) is 171 cm³/mol. The molecule has 0 fully saturated rings. The van der Waals surface area contributed by atoms with E-state index < -0.39 is 6.10 Å². The molecule has 224 valence electrons. The van der Waals surface area contributed by atoms with Gasteiger partial charge in [0.1, 0.15) is 11.6 Å². The molecule has 0 aliphatic heterocycles. The summed E-state index contributed by atoms with van der Waals surface area (Å²) in [6.07, 6.45) is 4.41. The third-order valence-electron chi connectivity index (χ3n) is 8.32. The van der Waals surface area contributed by atoms with Crippen LogP contribution in [-0.2, 0) is 13.6 Å². The number of hydrogen-bond donors (Lipinski definition) is 2. The number of carbonyl (C=O) groups is 1. The van der Waals surface area contributed by atoms with Gasteiger partial charge in [0.15, 0.2) is 5.65 Å². The van der Waals surface area contributed by atoms with Crippen LogP contribution in [0.2, 0.25) is 0 Å². The minimum absolute atomic E-state index is 0.00647. The predicted octanol–water partition coefficient (Wildman–Crippen LogP) is 6.34. The third-order valence-corrected chi connectivity index (χ3v) is 8.32. The molecular weight excluding hydrogens is 538 g/mol. The molecule has 5 aromatic rings. The van der Waals surface area contributed by atoms with E-state index in [1.54, 1.807) is 15.6 Å². The lowest BCUT2D eigenvalue weighted by atomic mass is 9.98. The van der Waals surface area contributed by atoms with Gasteiger partial charge >= 0.3 is 0 Å². The van der Waals surface area contributed by atoms with Crippen LogP contribution in [0.25, 0.3) is 28.2 Å². The SMILES string of the molecule is CC[C@@H](O)c1cc(NCc2cccc(-c3nccn3C)c2)n2nc(C)c(-c3ccc(C)c(C(=O)N(C)[C@@H](C)CC)c3)c2n1. The van der Waals surface area contributed by atoms with Gasteiger partial charge in [0, 0.05) is 61.8 Å². The first-order valence-electron chi connectivity index (χ1n) is 14.9. The Kier molecular flexibility index (Phi) is 8.64. The number of aryl methyl sites for hydroxylation is 3. The van der Waals surface area contributed by atoms with Crippen molar-refractivity contribution in [3.05, 3.63) is 89.0 Å². The number of imidazole rings is 1. The molecule has 0 aliphatic carbocycles. The van der Waals surface area contributed by atoms with Gasteiger partial charge in [-0.1, -0.05) is 44.2 Å². The van der Waals surface area contributed by atoms with Crippen molar-refractivity contribution in [2.75, 3.05) is 12.4 Å². The van der Waals surface area contributed by atoms with Crippen LogP contribution in [0.3, 0.4) is 0 Å². The lowest BCUT2D eigenvalue weighted by molar-refractivity contribution is 0.0740. The summed E-state index contributed by atoms with van der Waals surface area (Å²) < 4.78 is 3.80. The van der Waals surface area contributed by atoms with Crippen molar-refractivity contribution >= 4 is 17.4 Å². The average molecular weight is 580 g/mol. The quantitative estimate of drug-likeness (QED) is 0.200. The Balaban J connectivity index is 1.55. The summed E-state index contributed by atoms with van der Waals surface area (Å²) in [6.45, 7) is 10.5. The molecule has 2 aromatic carbocycles. The molecule has 5 rings (SSSR count). The number of fused-ring (bicyclic) bond motifs is 1. The van der Waals surface area contributed by atoms with E-state index in [0.717, 1.165) is 51.6 Å². The molecule has 0 saturated heterocycles. The summed E-state index contributed by atoms with van der Waals surface area (Å²) in [5, 5.41) is 19.3. The number of aromatic nitrogens is 5. The van der Waals surface area contributed by atoms with Gasteiger partial charge in [-0.05, 0) is 62.4 Å². The fourth-order valence-corrected chi connectivity index (χ4v) is 5.31. The van der Waals surface area contributed by atoms with Gasteiger partial charge in [-0.3, -0.25) is 4.79 Å². The summed E-state index contributed by atoms with van der Waals surface area (Å²) in [5.74, 6) is 1.62. The number of aliphatic hydroxyl groups excluding tert-OH is 1. The molecule has 43 heavy (non-hydrogen) atoms. The number of benzene rings is 2. The Morgan fingerprint density at radius 1 is 1.07 bits per heavy atom. The molecule has 0 spiro atoms. The van der Waals surface area contributed by atoms with Crippen molar-refractivity contribution in [1.29, 1.82) is 0 Å². The van der Waals surface area contributed by atoms with Crippen molar-refractivity contribution < 1.29 is 9.90 Å². The highest BCUT2D eigenvalue weighted by Gasteiger charge is 2.23. The Morgan fingerprint density at radius 3 is 2.56 bits per heavy atom. The fraction of sp³-hybridized carbons (Fsp3) is 0.353. The fourth-order valence-electron chi connectivity index (χ4n) is 5.31. The maximum absolute atomic E-state index is 13.5. The van der Waals surface area contributed by atoms with E-state index >= 15 is 0 Å². The standard InChI is InChI=1S/C34H41N7O2/c1-8-22(4)40(7)34(43)27-18-25(14-13-21(27)3)31-23(5)38-41-30(19-28(29(42)9-2)37-33(31)41)36-20-24-11-10-12-26(17-24)32-35-15-16-39(32)6/h10-19,22,29,36,42H,8-9,20H2,1-7H3/t22-,29+/m0/s1. The van der Waals surface area contributed by atoms with Crippen LogP contribution in [0, 0.1) is 13.8 Å². The molecule has 1 amide bonds. The minimum Gasteiger partial charge on any atom is -0.387 e. The first-order chi connectivity index (χ1) is 20.6. The van der Waals surface area contributed by atoms with Gasteiger partial charge in [0.05, 0.1) is 17.5 Å². The summed E-state index contributed by atoms with van der Waals surface area (Å²) in [4.78, 5) is 24.6. The lowest BCUT2D eigenvalue weighted by Crippen LogP contribution is -2.35. The molecule has 3 aromatic heterocycles. The molecule has 2 N–H and O–H groups in total. The molecule has 2 atom stereocenters. The number of carbonyl (C=O) groups excluding carboxylic acids is 1. The van der Waals surface area contributed by atoms with Crippen LogP contribution >= 0.6 is 0 Å². The first kappa shape index (κ1) is 30.0. The second-order valence-electron chi connectivity index (χ2n) is 11.3. The van der Waals surface area contributed by atoms with Crippen LogP contribution in [0.4, 0.5) is 5.82 Å². The van der Waals surface area contributed by atoms with Crippen LogP contribution < -0.4 is 5.32 Å². The Hall–Kier alpha value is -4.50. The number of nitrogens with one attached hydrogen (secondary N) is 1. The third kappa shape index (κ3) is 5.90. The van der Waals surface area contributed by atoms with Crippen LogP contribution in [0.15, 0.2) is 60.9 Å². The zero-order valence-corrected chi connectivity index (χ0v) is 26.1. The highest BCUT2D eigenvalue weighted by molar-refractivity contribution is 5.97. The van der Waals surface area contributed by atoms with Crippen molar-refractivity contribution in [3.8, 4) is 22.5 Å². The van der Waals surface area contributed by atoms with E-state index in [9.17, 15) is 9.90 Å². The van der Waals surface area contributed by atoms with Crippen LogP contribution in [0.1, 0.15) is 72.6 Å². The maximum atomic E-state index is 13.5. The average Bonchev–Trinajstić information content (AvgIpc) is 3.60. The molecule has 0 unspecified atom stereocenters. The van der Waals surface area contributed by atoms with Gasteiger partial charge in [-0.2, -0.15) is 9.61 Å². The van der Waals surface area contributed by atoms with E-state index in [-0.39, 0.29) is 11.9 Å². The zero-order valence-electron chi connectivity index (χ0n) is 26.1. The van der Waals surface area contributed by atoms with Gasteiger partial charge in [-0.25, -0.2) is 9.97 Å². The van der Waals surface area contributed by atoms with Crippen molar-refractivity contribution in [1.82, 2.24) is 29.0 Å². The number of amides is 1. The number of aliphatic hydroxyl groups is 1. The van der Waals surface area contributed by atoms with Gasteiger partial charge < -0.3 is 19.9 Å².